The van der Waals surface area contributed by atoms with E-state index in [-0.39, 0.29) is 15.8 Å². The first-order valence-electron chi connectivity index (χ1n) is 6.16. The first kappa shape index (κ1) is 13.9. The topological polar surface area (TPSA) is 30.2 Å². The standard InChI is InChI=1S/C16H9BrF2O2/c1-8-2-5-12-9(6-8)7-13(21-12)16(20)10-3-4-11(18)15(19)14(10)17/h2-7H,1H3. The Kier molecular flexibility index (Phi) is 3.37. The summed E-state index contributed by atoms with van der Waals surface area (Å²) in [7, 11) is 0. The van der Waals surface area contributed by atoms with E-state index in [0.717, 1.165) is 17.0 Å². The van der Waals surface area contributed by atoms with Crippen LogP contribution in [0, 0.1) is 18.6 Å². The lowest BCUT2D eigenvalue weighted by molar-refractivity contribution is 0.101. The first-order chi connectivity index (χ1) is 9.97. The molecular weight excluding hydrogens is 342 g/mol. The fourth-order valence-corrected chi connectivity index (χ4v) is 2.61. The second-order valence-electron chi connectivity index (χ2n) is 4.70. The molecule has 0 unspecified atom stereocenters. The summed E-state index contributed by atoms with van der Waals surface area (Å²) in [5.74, 6) is -2.52. The molecule has 0 fully saturated rings. The molecule has 2 nitrogen and oxygen atoms in total. The normalized spacial score (nSPS) is 11.0. The van der Waals surface area contributed by atoms with E-state index in [1.54, 1.807) is 12.1 Å². The van der Waals surface area contributed by atoms with Crippen molar-refractivity contribution in [2.45, 2.75) is 6.92 Å². The molecule has 1 aromatic heterocycles. The highest BCUT2D eigenvalue weighted by Gasteiger charge is 2.21. The van der Waals surface area contributed by atoms with Crippen LogP contribution in [0.3, 0.4) is 0 Å². The molecule has 0 saturated carbocycles. The van der Waals surface area contributed by atoms with Gasteiger partial charge in [0.1, 0.15) is 5.58 Å². The van der Waals surface area contributed by atoms with Crippen LogP contribution < -0.4 is 0 Å². The van der Waals surface area contributed by atoms with E-state index in [0.29, 0.717) is 5.58 Å². The number of hydrogen-bond acceptors (Lipinski definition) is 2. The van der Waals surface area contributed by atoms with Crippen molar-refractivity contribution in [2.24, 2.45) is 0 Å². The summed E-state index contributed by atoms with van der Waals surface area (Å²) < 4.78 is 31.9. The predicted molar refractivity (Wildman–Crippen MR) is 78.4 cm³/mol. The molecule has 3 rings (SSSR count). The molecule has 5 heteroatoms. The van der Waals surface area contributed by atoms with Gasteiger partial charge in [0.2, 0.25) is 5.78 Å². The quantitative estimate of drug-likeness (QED) is 0.480. The molecule has 1 heterocycles. The highest BCUT2D eigenvalue weighted by molar-refractivity contribution is 9.10. The molecule has 0 bridgehead atoms. The van der Waals surface area contributed by atoms with Crippen molar-refractivity contribution >= 4 is 32.7 Å². The van der Waals surface area contributed by atoms with Gasteiger partial charge in [0.15, 0.2) is 17.4 Å². The molecule has 2 aromatic carbocycles. The van der Waals surface area contributed by atoms with E-state index in [9.17, 15) is 13.6 Å². The third-order valence-corrected chi connectivity index (χ3v) is 3.95. The van der Waals surface area contributed by atoms with Crippen LogP contribution in [-0.4, -0.2) is 5.78 Å². The van der Waals surface area contributed by atoms with Gasteiger partial charge in [-0.2, -0.15) is 0 Å². The van der Waals surface area contributed by atoms with E-state index in [4.69, 9.17) is 4.42 Å². The average Bonchev–Trinajstić information content (AvgIpc) is 2.87. The molecule has 0 radical (unpaired) electrons. The van der Waals surface area contributed by atoms with Gasteiger partial charge in [-0.25, -0.2) is 8.78 Å². The Balaban J connectivity index is 2.10. The molecule has 0 aliphatic carbocycles. The number of aryl methyl sites for hydroxylation is 1. The number of ketones is 1. The van der Waals surface area contributed by atoms with Gasteiger partial charge in [0, 0.05) is 10.9 Å². The number of rotatable bonds is 2. The lowest BCUT2D eigenvalue weighted by atomic mass is 10.1. The summed E-state index contributed by atoms with van der Waals surface area (Å²) >= 11 is 2.91. The van der Waals surface area contributed by atoms with E-state index in [1.165, 1.54) is 6.07 Å². The van der Waals surface area contributed by atoms with Crippen molar-refractivity contribution < 1.29 is 18.0 Å². The minimum atomic E-state index is -1.09. The van der Waals surface area contributed by atoms with Gasteiger partial charge in [0.25, 0.3) is 0 Å². The van der Waals surface area contributed by atoms with Gasteiger partial charge in [-0.3, -0.25) is 4.79 Å². The minimum absolute atomic E-state index is 0.0182. The fraction of sp³-hybridized carbons (Fsp3) is 0.0625. The number of furan rings is 1. The Morgan fingerprint density at radius 1 is 1.14 bits per heavy atom. The van der Waals surface area contributed by atoms with Crippen LogP contribution in [0.5, 0.6) is 0 Å². The zero-order valence-electron chi connectivity index (χ0n) is 10.9. The zero-order valence-corrected chi connectivity index (χ0v) is 12.5. The molecule has 0 spiro atoms. The van der Waals surface area contributed by atoms with Crippen molar-refractivity contribution in [3.8, 4) is 0 Å². The monoisotopic (exact) mass is 350 g/mol. The molecule has 0 atom stereocenters. The number of benzene rings is 2. The molecule has 0 aliphatic rings. The van der Waals surface area contributed by atoms with Gasteiger partial charge in [-0.1, -0.05) is 11.6 Å². The predicted octanol–water partition coefficient (Wildman–Crippen LogP) is 5.01. The highest BCUT2D eigenvalue weighted by atomic mass is 79.9. The molecule has 3 aromatic rings. The molecule has 0 saturated heterocycles. The van der Waals surface area contributed by atoms with Crippen LogP contribution in [0.1, 0.15) is 21.7 Å². The van der Waals surface area contributed by atoms with Crippen molar-refractivity contribution in [3.05, 3.63) is 69.4 Å². The minimum Gasteiger partial charge on any atom is -0.453 e. The second-order valence-corrected chi connectivity index (χ2v) is 5.50. The number of hydrogen-bond donors (Lipinski definition) is 0. The average molecular weight is 351 g/mol. The van der Waals surface area contributed by atoms with E-state index >= 15 is 0 Å². The number of halogens is 3. The third kappa shape index (κ3) is 2.38. The van der Waals surface area contributed by atoms with Crippen molar-refractivity contribution in [1.29, 1.82) is 0 Å². The Bertz CT molecular complexity index is 868. The number of carbonyl (C=O) groups is 1. The molecule has 0 aliphatic heterocycles. The Hall–Kier alpha value is -2.01. The van der Waals surface area contributed by atoms with Gasteiger partial charge in [-0.15, -0.1) is 0 Å². The molecule has 0 amide bonds. The third-order valence-electron chi connectivity index (χ3n) is 3.18. The molecule has 106 valence electrons. The van der Waals surface area contributed by atoms with Crippen molar-refractivity contribution in [2.75, 3.05) is 0 Å². The lowest BCUT2D eigenvalue weighted by Crippen LogP contribution is -2.03. The van der Waals surface area contributed by atoms with Crippen molar-refractivity contribution in [1.82, 2.24) is 0 Å². The summed E-state index contributed by atoms with van der Waals surface area (Å²) in [6.07, 6.45) is 0. The van der Waals surface area contributed by atoms with Crippen LogP contribution in [-0.2, 0) is 0 Å². The van der Waals surface area contributed by atoms with E-state index < -0.39 is 17.4 Å². The van der Waals surface area contributed by atoms with Gasteiger partial charge < -0.3 is 4.42 Å². The fourth-order valence-electron chi connectivity index (χ4n) is 2.11. The maximum Gasteiger partial charge on any atom is 0.229 e. The number of carbonyl (C=O) groups excluding carboxylic acids is 1. The van der Waals surface area contributed by atoms with Crippen LogP contribution in [0.15, 0.2) is 45.3 Å². The Labute approximate surface area is 127 Å². The Morgan fingerprint density at radius 3 is 2.67 bits per heavy atom. The largest absolute Gasteiger partial charge is 0.453 e. The van der Waals surface area contributed by atoms with Crippen LogP contribution in [0.2, 0.25) is 0 Å². The van der Waals surface area contributed by atoms with Crippen LogP contribution in [0.25, 0.3) is 11.0 Å². The van der Waals surface area contributed by atoms with E-state index in [2.05, 4.69) is 15.9 Å². The summed E-state index contributed by atoms with van der Waals surface area (Å²) in [6, 6.07) is 9.26. The summed E-state index contributed by atoms with van der Waals surface area (Å²) in [5, 5.41) is 0.789. The van der Waals surface area contributed by atoms with Crippen LogP contribution >= 0.6 is 15.9 Å². The van der Waals surface area contributed by atoms with Gasteiger partial charge >= 0.3 is 0 Å². The first-order valence-corrected chi connectivity index (χ1v) is 6.95. The summed E-state index contributed by atoms with van der Waals surface area (Å²) in [4.78, 5) is 12.4. The van der Waals surface area contributed by atoms with Crippen molar-refractivity contribution in [3.63, 3.8) is 0 Å². The molecule has 0 N–H and O–H groups in total. The lowest BCUT2D eigenvalue weighted by Gasteiger charge is -2.03. The zero-order chi connectivity index (χ0) is 15.1. The highest BCUT2D eigenvalue weighted by Crippen LogP contribution is 2.28. The summed E-state index contributed by atoms with van der Waals surface area (Å²) in [5.41, 5.74) is 1.63. The molecular formula is C16H9BrF2O2. The van der Waals surface area contributed by atoms with Gasteiger partial charge in [-0.05, 0) is 53.2 Å². The molecule has 21 heavy (non-hydrogen) atoms. The second kappa shape index (κ2) is 5.07. The SMILES string of the molecule is Cc1ccc2oc(C(=O)c3ccc(F)c(F)c3Br)cc2c1. The maximum absolute atomic E-state index is 13.5. The van der Waals surface area contributed by atoms with Crippen LogP contribution in [0.4, 0.5) is 8.78 Å². The smallest absolute Gasteiger partial charge is 0.229 e. The Morgan fingerprint density at radius 2 is 1.90 bits per heavy atom. The van der Waals surface area contributed by atoms with Gasteiger partial charge in [0.05, 0.1) is 4.47 Å². The number of fused-ring (bicyclic) bond motifs is 1. The van der Waals surface area contributed by atoms with E-state index in [1.807, 2.05) is 19.1 Å². The maximum atomic E-state index is 13.5. The summed E-state index contributed by atoms with van der Waals surface area (Å²) in [6.45, 7) is 1.93.